The molecule has 1 heterocycles. The fourth-order valence-corrected chi connectivity index (χ4v) is 4.47. The molecule has 0 saturated carbocycles. The van der Waals surface area contributed by atoms with Crippen molar-refractivity contribution >= 4 is 11.7 Å². The largest absolute Gasteiger partial charge is 0.338 e. The Balaban J connectivity index is 1.94. The average molecular weight is 322 g/mol. The van der Waals surface area contributed by atoms with E-state index in [0.29, 0.717) is 18.7 Å². The number of rotatable bonds is 1. The summed E-state index contributed by atoms with van der Waals surface area (Å²) < 4.78 is 0. The fourth-order valence-electron chi connectivity index (χ4n) is 4.47. The standard InChI is InChI=1S/C20H22N2O2/c1-19(2)16-9-10-22(18(24)14-7-5-4-6-8-14)13-20(16,3)11-15(12-21)17(19)23/h4-8,11,16H,9-10,13H2,1-3H3/t16-,20+/m1/s1. The Labute approximate surface area is 142 Å². The number of carbonyl (C=O) groups is 2. The van der Waals surface area contributed by atoms with Crippen LogP contribution >= 0.6 is 0 Å². The number of piperidine rings is 1. The van der Waals surface area contributed by atoms with Gasteiger partial charge in [0.25, 0.3) is 5.91 Å². The predicted molar refractivity (Wildman–Crippen MR) is 91.0 cm³/mol. The lowest BCUT2D eigenvalue weighted by Gasteiger charge is -2.52. The molecule has 1 aromatic carbocycles. The van der Waals surface area contributed by atoms with E-state index in [4.69, 9.17) is 0 Å². The molecule has 2 aliphatic rings. The lowest BCUT2D eigenvalue weighted by Crippen LogP contribution is -2.56. The maximum atomic E-state index is 12.8. The minimum atomic E-state index is -0.573. The van der Waals surface area contributed by atoms with Crippen molar-refractivity contribution < 1.29 is 9.59 Å². The van der Waals surface area contributed by atoms with Gasteiger partial charge in [-0.1, -0.05) is 45.0 Å². The van der Waals surface area contributed by atoms with E-state index in [1.165, 1.54) is 0 Å². The Morgan fingerprint density at radius 3 is 2.54 bits per heavy atom. The van der Waals surface area contributed by atoms with Crippen LogP contribution in [-0.4, -0.2) is 29.7 Å². The summed E-state index contributed by atoms with van der Waals surface area (Å²) in [6, 6.07) is 11.3. The predicted octanol–water partition coefficient (Wildman–Crippen LogP) is 3.21. The van der Waals surface area contributed by atoms with Gasteiger partial charge in [0.05, 0.1) is 5.57 Å². The number of hydrogen-bond donors (Lipinski definition) is 0. The second-order valence-corrected chi connectivity index (χ2v) is 7.66. The summed E-state index contributed by atoms with van der Waals surface area (Å²) in [7, 11) is 0. The number of allylic oxidation sites excluding steroid dienone is 1. The number of carbonyl (C=O) groups excluding carboxylic acids is 2. The topological polar surface area (TPSA) is 61.2 Å². The molecule has 4 heteroatoms. The first-order valence-corrected chi connectivity index (χ1v) is 8.32. The molecule has 1 aromatic rings. The van der Waals surface area contributed by atoms with E-state index >= 15 is 0 Å². The van der Waals surface area contributed by atoms with Gasteiger partial charge in [-0.2, -0.15) is 5.26 Å². The number of amides is 1. The van der Waals surface area contributed by atoms with Crippen LogP contribution in [0.1, 0.15) is 37.6 Å². The van der Waals surface area contributed by atoms with Crippen LogP contribution in [-0.2, 0) is 4.79 Å². The lowest BCUT2D eigenvalue weighted by molar-refractivity contribution is -0.131. The zero-order valence-corrected chi connectivity index (χ0v) is 14.4. The Hall–Kier alpha value is -2.41. The SMILES string of the molecule is CC1(C)C(=O)C(C#N)=C[C@@]2(C)CN(C(=O)c3ccccc3)CC[C@H]12. The van der Waals surface area contributed by atoms with Crippen LogP contribution in [0, 0.1) is 28.1 Å². The fraction of sp³-hybridized carbons (Fsp3) is 0.450. The number of Topliss-reactive ketones (excluding diaryl/α,β-unsaturated/α-hetero) is 1. The van der Waals surface area contributed by atoms with E-state index in [1.807, 2.05) is 49.1 Å². The van der Waals surface area contributed by atoms with Gasteiger partial charge >= 0.3 is 0 Å². The summed E-state index contributed by atoms with van der Waals surface area (Å²) in [6.45, 7) is 7.09. The summed E-state index contributed by atoms with van der Waals surface area (Å²) in [4.78, 5) is 27.2. The molecule has 0 radical (unpaired) electrons. The average Bonchev–Trinajstić information content (AvgIpc) is 2.58. The van der Waals surface area contributed by atoms with Crippen LogP contribution in [0.15, 0.2) is 42.0 Å². The summed E-state index contributed by atoms with van der Waals surface area (Å²) >= 11 is 0. The van der Waals surface area contributed by atoms with Crippen molar-refractivity contribution in [3.63, 3.8) is 0 Å². The molecule has 4 nitrogen and oxygen atoms in total. The molecule has 1 aliphatic carbocycles. The Morgan fingerprint density at radius 1 is 1.25 bits per heavy atom. The second kappa shape index (κ2) is 5.59. The molecule has 2 atom stereocenters. The van der Waals surface area contributed by atoms with Gasteiger partial charge in [0, 0.05) is 29.5 Å². The van der Waals surface area contributed by atoms with Gasteiger partial charge in [0.2, 0.25) is 0 Å². The van der Waals surface area contributed by atoms with E-state index in [9.17, 15) is 14.9 Å². The highest BCUT2D eigenvalue weighted by atomic mass is 16.2. The number of ketones is 1. The molecule has 0 N–H and O–H groups in total. The molecule has 0 bridgehead atoms. The maximum Gasteiger partial charge on any atom is 0.253 e. The van der Waals surface area contributed by atoms with Crippen molar-refractivity contribution in [1.82, 2.24) is 4.90 Å². The van der Waals surface area contributed by atoms with Crippen molar-refractivity contribution in [1.29, 1.82) is 5.26 Å². The monoisotopic (exact) mass is 322 g/mol. The number of nitriles is 1. The van der Waals surface area contributed by atoms with Crippen LogP contribution in [0.25, 0.3) is 0 Å². The van der Waals surface area contributed by atoms with Crippen LogP contribution in [0.4, 0.5) is 0 Å². The van der Waals surface area contributed by atoms with Crippen LogP contribution in [0.3, 0.4) is 0 Å². The molecule has 1 amide bonds. The van der Waals surface area contributed by atoms with Crippen LogP contribution in [0.5, 0.6) is 0 Å². The maximum absolute atomic E-state index is 12.8. The first kappa shape index (κ1) is 16.4. The molecule has 0 spiro atoms. The third-order valence-corrected chi connectivity index (χ3v) is 5.62. The zero-order chi connectivity index (χ0) is 17.5. The molecule has 124 valence electrons. The van der Waals surface area contributed by atoms with Crippen molar-refractivity contribution in [3.8, 4) is 6.07 Å². The summed E-state index contributed by atoms with van der Waals surface area (Å²) in [5, 5.41) is 9.33. The van der Waals surface area contributed by atoms with Gasteiger partial charge < -0.3 is 4.90 Å². The van der Waals surface area contributed by atoms with E-state index in [0.717, 1.165) is 6.42 Å². The number of hydrogen-bond acceptors (Lipinski definition) is 3. The third-order valence-electron chi connectivity index (χ3n) is 5.62. The number of likely N-dealkylation sites (tertiary alicyclic amines) is 1. The van der Waals surface area contributed by atoms with Crippen LogP contribution < -0.4 is 0 Å². The van der Waals surface area contributed by atoms with Crippen molar-refractivity contribution in [2.45, 2.75) is 27.2 Å². The highest BCUT2D eigenvalue weighted by Crippen LogP contribution is 2.52. The van der Waals surface area contributed by atoms with Gasteiger partial charge in [0.15, 0.2) is 5.78 Å². The quantitative estimate of drug-likeness (QED) is 0.797. The van der Waals surface area contributed by atoms with E-state index in [-0.39, 0.29) is 28.6 Å². The summed E-state index contributed by atoms with van der Waals surface area (Å²) in [6.07, 6.45) is 2.57. The van der Waals surface area contributed by atoms with Gasteiger partial charge in [0.1, 0.15) is 6.07 Å². The lowest BCUT2D eigenvalue weighted by atomic mass is 9.55. The van der Waals surface area contributed by atoms with Crippen molar-refractivity contribution in [2.24, 2.45) is 16.7 Å². The number of fused-ring (bicyclic) bond motifs is 1. The minimum Gasteiger partial charge on any atom is -0.338 e. The van der Waals surface area contributed by atoms with Crippen LogP contribution in [0.2, 0.25) is 0 Å². The Morgan fingerprint density at radius 2 is 1.92 bits per heavy atom. The van der Waals surface area contributed by atoms with E-state index < -0.39 is 5.41 Å². The van der Waals surface area contributed by atoms with Crippen molar-refractivity contribution in [3.05, 3.63) is 47.5 Å². The third kappa shape index (κ3) is 2.45. The summed E-state index contributed by atoms with van der Waals surface area (Å²) in [5.41, 5.74) is -0.0235. The molecule has 3 rings (SSSR count). The second-order valence-electron chi connectivity index (χ2n) is 7.66. The molecule has 0 aromatic heterocycles. The Kier molecular flexibility index (Phi) is 3.83. The molecule has 24 heavy (non-hydrogen) atoms. The minimum absolute atomic E-state index is 0.0110. The normalized spacial score (nSPS) is 28.6. The first-order valence-electron chi connectivity index (χ1n) is 8.32. The highest BCUT2D eigenvalue weighted by Gasteiger charge is 2.53. The van der Waals surface area contributed by atoms with Crippen molar-refractivity contribution in [2.75, 3.05) is 13.1 Å². The molecular weight excluding hydrogens is 300 g/mol. The number of nitrogens with zero attached hydrogens (tertiary/aromatic N) is 2. The Bertz CT molecular complexity index is 758. The van der Waals surface area contributed by atoms with Gasteiger partial charge in [-0.05, 0) is 24.5 Å². The smallest absolute Gasteiger partial charge is 0.253 e. The highest BCUT2D eigenvalue weighted by molar-refractivity contribution is 6.04. The molecule has 1 saturated heterocycles. The van der Waals surface area contributed by atoms with Gasteiger partial charge in [-0.15, -0.1) is 0 Å². The van der Waals surface area contributed by atoms with Gasteiger partial charge in [-0.25, -0.2) is 0 Å². The van der Waals surface area contributed by atoms with Gasteiger partial charge in [-0.3, -0.25) is 9.59 Å². The molecule has 0 unspecified atom stereocenters. The summed E-state index contributed by atoms with van der Waals surface area (Å²) in [5.74, 6) is 0.0709. The zero-order valence-electron chi connectivity index (χ0n) is 14.4. The molecule has 1 aliphatic heterocycles. The van der Waals surface area contributed by atoms with E-state index in [1.54, 1.807) is 6.08 Å². The molecular formula is C20H22N2O2. The molecule has 1 fully saturated rings. The number of benzene rings is 1. The van der Waals surface area contributed by atoms with E-state index in [2.05, 4.69) is 13.0 Å². The first-order chi connectivity index (χ1) is 11.3.